The zero-order chi connectivity index (χ0) is 22.8. The summed E-state index contributed by atoms with van der Waals surface area (Å²) in [5.74, 6) is 0.834. The predicted molar refractivity (Wildman–Crippen MR) is 126 cm³/mol. The first kappa shape index (κ1) is 21.1. The summed E-state index contributed by atoms with van der Waals surface area (Å²) in [7, 11) is 1.65. The number of methoxy groups -OCH3 is 1. The maximum atomic E-state index is 13.9. The topological polar surface area (TPSA) is 63.5 Å². The fraction of sp³-hybridized carbons (Fsp3) is 0.208. The molecule has 5 rings (SSSR count). The lowest BCUT2D eigenvalue weighted by molar-refractivity contribution is 0.0734. The highest BCUT2D eigenvalue weighted by molar-refractivity contribution is 7.13. The van der Waals surface area contributed by atoms with Gasteiger partial charge in [0, 0.05) is 37.9 Å². The van der Waals surface area contributed by atoms with Gasteiger partial charge in [0.2, 0.25) is 5.82 Å². The second-order valence-electron chi connectivity index (χ2n) is 7.61. The van der Waals surface area contributed by atoms with Gasteiger partial charge in [0.05, 0.1) is 17.7 Å². The number of halogens is 1. The van der Waals surface area contributed by atoms with Gasteiger partial charge in [-0.1, -0.05) is 18.2 Å². The number of anilines is 1. The molecule has 0 saturated carbocycles. The summed E-state index contributed by atoms with van der Waals surface area (Å²) in [5.41, 5.74) is 1.59. The number of carbonyl (C=O) groups excluding carboxylic acids is 1. The summed E-state index contributed by atoms with van der Waals surface area (Å²) in [6.07, 6.45) is 0. The first-order valence-electron chi connectivity index (χ1n) is 10.6. The quantitative estimate of drug-likeness (QED) is 0.446. The first-order valence-corrected chi connectivity index (χ1v) is 11.5. The lowest BCUT2D eigenvalue weighted by atomic mass is 10.2. The second-order valence-corrected chi connectivity index (χ2v) is 8.56. The molecule has 0 unspecified atom stereocenters. The third-order valence-corrected chi connectivity index (χ3v) is 6.44. The van der Waals surface area contributed by atoms with E-state index in [1.54, 1.807) is 24.1 Å². The summed E-state index contributed by atoms with van der Waals surface area (Å²) in [6, 6.07) is 17.8. The molecule has 1 aliphatic rings. The number of rotatable bonds is 5. The summed E-state index contributed by atoms with van der Waals surface area (Å²) in [6.45, 7) is 2.50. The predicted octanol–water partition coefficient (Wildman–Crippen LogP) is 4.11. The van der Waals surface area contributed by atoms with Gasteiger partial charge < -0.3 is 14.5 Å². The molecular formula is C24H22FN5O2S. The average Bonchev–Trinajstić information content (AvgIpc) is 3.54. The molecular weight excluding hydrogens is 441 g/mol. The molecule has 0 atom stereocenters. The Labute approximate surface area is 194 Å². The van der Waals surface area contributed by atoms with E-state index in [-0.39, 0.29) is 17.5 Å². The van der Waals surface area contributed by atoms with Crippen LogP contribution in [0.2, 0.25) is 0 Å². The van der Waals surface area contributed by atoms with Crippen LogP contribution in [-0.2, 0) is 0 Å². The highest BCUT2D eigenvalue weighted by atomic mass is 32.1. The lowest BCUT2D eigenvalue weighted by Gasteiger charge is -2.35. The molecule has 168 valence electrons. The smallest absolute Gasteiger partial charge is 0.293 e. The molecule has 3 heterocycles. The van der Waals surface area contributed by atoms with Gasteiger partial charge >= 0.3 is 0 Å². The van der Waals surface area contributed by atoms with Crippen LogP contribution in [0.25, 0.3) is 16.4 Å². The fourth-order valence-corrected chi connectivity index (χ4v) is 4.57. The first-order chi connectivity index (χ1) is 16.1. The zero-order valence-corrected chi connectivity index (χ0v) is 18.8. The summed E-state index contributed by atoms with van der Waals surface area (Å²) in [4.78, 5) is 22.7. The van der Waals surface area contributed by atoms with Crippen LogP contribution in [0.1, 0.15) is 10.6 Å². The Hall–Kier alpha value is -3.72. The minimum absolute atomic E-state index is 0.109. The van der Waals surface area contributed by atoms with E-state index < -0.39 is 0 Å². The number of thiophene rings is 1. The van der Waals surface area contributed by atoms with E-state index in [4.69, 9.17) is 4.74 Å². The third-order valence-electron chi connectivity index (χ3n) is 5.58. The van der Waals surface area contributed by atoms with Gasteiger partial charge in [-0.2, -0.15) is 0 Å². The standard InChI is InChI=1S/C24H22FN5O2S/c1-32-20-8-3-6-18(16-20)28-10-12-29(13-11-28)24(31)22-26-23(21-9-4-14-33-21)30(27-22)19-7-2-5-17(25)15-19/h2-9,14-16H,10-13H2,1H3. The van der Waals surface area contributed by atoms with Crippen LogP contribution in [0, 0.1) is 5.82 Å². The van der Waals surface area contributed by atoms with E-state index in [9.17, 15) is 9.18 Å². The number of hydrogen-bond donors (Lipinski definition) is 0. The van der Waals surface area contributed by atoms with Crippen LogP contribution in [0.5, 0.6) is 5.75 Å². The number of benzene rings is 2. The maximum absolute atomic E-state index is 13.9. The molecule has 7 nitrogen and oxygen atoms in total. The molecule has 0 aliphatic carbocycles. The van der Waals surface area contributed by atoms with Crippen molar-refractivity contribution in [2.24, 2.45) is 0 Å². The molecule has 9 heteroatoms. The number of amides is 1. The molecule has 1 amide bonds. The van der Waals surface area contributed by atoms with Gasteiger partial charge in [-0.3, -0.25) is 4.79 Å². The second kappa shape index (κ2) is 9.03. The van der Waals surface area contributed by atoms with Gasteiger partial charge in [0.15, 0.2) is 5.82 Å². The van der Waals surface area contributed by atoms with Crippen LogP contribution < -0.4 is 9.64 Å². The number of carbonyl (C=O) groups is 1. The molecule has 4 aromatic rings. The Morgan fingerprint density at radius 1 is 1.00 bits per heavy atom. The van der Waals surface area contributed by atoms with Crippen molar-refractivity contribution in [3.8, 4) is 22.1 Å². The molecule has 1 fully saturated rings. The summed E-state index contributed by atoms with van der Waals surface area (Å²) >= 11 is 1.49. The van der Waals surface area contributed by atoms with Gasteiger partial charge in [0.1, 0.15) is 11.6 Å². The Balaban J connectivity index is 1.37. The van der Waals surface area contributed by atoms with Crippen molar-refractivity contribution < 1.29 is 13.9 Å². The Morgan fingerprint density at radius 2 is 1.79 bits per heavy atom. The number of hydrogen-bond acceptors (Lipinski definition) is 6. The van der Waals surface area contributed by atoms with Crippen molar-refractivity contribution in [2.45, 2.75) is 0 Å². The summed E-state index contributed by atoms with van der Waals surface area (Å²) in [5, 5.41) is 6.41. The molecule has 33 heavy (non-hydrogen) atoms. The van der Waals surface area contributed by atoms with Crippen LogP contribution in [0.15, 0.2) is 66.0 Å². The number of ether oxygens (including phenoxy) is 1. The molecule has 2 aromatic heterocycles. The number of piperazine rings is 1. The van der Waals surface area contributed by atoms with Gasteiger partial charge in [0.25, 0.3) is 5.91 Å². The minimum atomic E-state index is -0.373. The Kier molecular flexibility index (Phi) is 5.78. The maximum Gasteiger partial charge on any atom is 0.293 e. The van der Waals surface area contributed by atoms with Crippen molar-refractivity contribution in [1.82, 2.24) is 19.7 Å². The van der Waals surface area contributed by atoms with E-state index >= 15 is 0 Å². The molecule has 1 aliphatic heterocycles. The van der Waals surface area contributed by atoms with Gasteiger partial charge in [-0.05, 0) is 41.8 Å². The molecule has 0 N–H and O–H groups in total. The zero-order valence-electron chi connectivity index (χ0n) is 18.0. The molecule has 1 saturated heterocycles. The van der Waals surface area contributed by atoms with Gasteiger partial charge in [-0.15, -0.1) is 16.4 Å². The van der Waals surface area contributed by atoms with E-state index in [1.165, 1.54) is 28.2 Å². The third kappa shape index (κ3) is 4.31. The van der Waals surface area contributed by atoms with Crippen molar-refractivity contribution >= 4 is 22.9 Å². The van der Waals surface area contributed by atoms with E-state index in [0.29, 0.717) is 37.7 Å². The molecule has 0 spiro atoms. The normalized spacial score (nSPS) is 13.9. The van der Waals surface area contributed by atoms with Crippen LogP contribution in [0.4, 0.5) is 10.1 Å². The SMILES string of the molecule is COc1cccc(N2CCN(C(=O)c3nc(-c4cccs4)n(-c4cccc(F)c4)n3)CC2)c1. The van der Waals surface area contributed by atoms with Gasteiger partial charge in [-0.25, -0.2) is 14.1 Å². The number of aromatic nitrogens is 3. The van der Waals surface area contributed by atoms with E-state index in [2.05, 4.69) is 15.0 Å². The largest absolute Gasteiger partial charge is 0.497 e. The van der Waals surface area contributed by atoms with E-state index in [1.807, 2.05) is 41.8 Å². The van der Waals surface area contributed by atoms with Crippen LogP contribution in [-0.4, -0.2) is 58.9 Å². The summed E-state index contributed by atoms with van der Waals surface area (Å²) < 4.78 is 20.7. The molecule has 0 radical (unpaired) electrons. The van der Waals surface area contributed by atoms with Crippen LogP contribution >= 0.6 is 11.3 Å². The highest BCUT2D eigenvalue weighted by Gasteiger charge is 2.27. The van der Waals surface area contributed by atoms with Crippen molar-refractivity contribution in [3.05, 3.63) is 77.7 Å². The Bertz CT molecular complexity index is 1270. The molecule has 2 aromatic carbocycles. The highest BCUT2D eigenvalue weighted by Crippen LogP contribution is 2.27. The number of nitrogens with zero attached hydrogens (tertiary/aromatic N) is 5. The fourth-order valence-electron chi connectivity index (χ4n) is 3.87. The van der Waals surface area contributed by atoms with E-state index in [0.717, 1.165) is 16.3 Å². The van der Waals surface area contributed by atoms with Crippen molar-refractivity contribution in [1.29, 1.82) is 0 Å². The lowest BCUT2D eigenvalue weighted by Crippen LogP contribution is -2.49. The Morgan fingerprint density at radius 3 is 2.52 bits per heavy atom. The average molecular weight is 464 g/mol. The van der Waals surface area contributed by atoms with Crippen LogP contribution in [0.3, 0.4) is 0 Å². The monoisotopic (exact) mass is 463 g/mol. The van der Waals surface area contributed by atoms with Crippen molar-refractivity contribution in [2.75, 3.05) is 38.2 Å². The minimum Gasteiger partial charge on any atom is -0.497 e. The van der Waals surface area contributed by atoms with Crippen molar-refractivity contribution in [3.63, 3.8) is 0 Å². The molecule has 0 bridgehead atoms.